The van der Waals surface area contributed by atoms with E-state index in [9.17, 15) is 9.59 Å². The van der Waals surface area contributed by atoms with Gasteiger partial charge in [0.25, 0.3) is 5.91 Å². The average molecular weight is 312 g/mol. The number of carbonyl (C=O) groups excluding carboxylic acids is 1. The summed E-state index contributed by atoms with van der Waals surface area (Å²) in [5, 5.41) is 3.00. The van der Waals surface area contributed by atoms with Crippen LogP contribution in [0.2, 0.25) is 0 Å². The summed E-state index contributed by atoms with van der Waals surface area (Å²) >= 11 is 0. The highest BCUT2D eigenvalue weighted by atomic mass is 16.1. The van der Waals surface area contributed by atoms with Crippen molar-refractivity contribution in [3.8, 4) is 0 Å². The third-order valence-corrected chi connectivity index (χ3v) is 4.18. The lowest BCUT2D eigenvalue weighted by molar-refractivity contribution is 0.0942. The summed E-state index contributed by atoms with van der Waals surface area (Å²) < 4.78 is 0. The molecule has 0 aliphatic carbocycles. The lowest BCUT2D eigenvalue weighted by Crippen LogP contribution is -2.33. The van der Waals surface area contributed by atoms with Gasteiger partial charge in [0, 0.05) is 18.8 Å². The molecular formula is C19H24N2O2. The molecule has 0 aliphatic heterocycles. The highest BCUT2D eigenvalue weighted by Crippen LogP contribution is 2.17. The van der Waals surface area contributed by atoms with Gasteiger partial charge >= 0.3 is 0 Å². The van der Waals surface area contributed by atoms with Gasteiger partial charge in [0.05, 0.1) is 5.56 Å². The summed E-state index contributed by atoms with van der Waals surface area (Å²) in [5.74, 6) is 0.689. The topological polar surface area (TPSA) is 62.0 Å². The monoisotopic (exact) mass is 312 g/mol. The summed E-state index contributed by atoms with van der Waals surface area (Å²) in [6.07, 6.45) is 2.41. The zero-order valence-corrected chi connectivity index (χ0v) is 13.9. The smallest absolute Gasteiger partial charge is 0.253 e. The van der Waals surface area contributed by atoms with Crippen molar-refractivity contribution >= 4 is 5.91 Å². The number of H-pyrrole nitrogens is 1. The summed E-state index contributed by atoms with van der Waals surface area (Å²) in [6.45, 7) is 6.73. The number of rotatable bonds is 6. The summed E-state index contributed by atoms with van der Waals surface area (Å²) in [6, 6.07) is 11.8. The van der Waals surface area contributed by atoms with E-state index in [0.717, 1.165) is 6.42 Å². The first-order chi connectivity index (χ1) is 11.0. The number of amides is 1. The van der Waals surface area contributed by atoms with Gasteiger partial charge in [-0.05, 0) is 36.3 Å². The first-order valence-electron chi connectivity index (χ1n) is 7.99. The van der Waals surface area contributed by atoms with Crippen LogP contribution >= 0.6 is 0 Å². The van der Waals surface area contributed by atoms with Crippen molar-refractivity contribution in [3.63, 3.8) is 0 Å². The van der Waals surface area contributed by atoms with Gasteiger partial charge in [-0.1, -0.05) is 44.2 Å². The molecule has 2 aromatic rings. The van der Waals surface area contributed by atoms with E-state index in [0.29, 0.717) is 29.5 Å². The summed E-state index contributed by atoms with van der Waals surface area (Å²) in [7, 11) is 0. The fourth-order valence-electron chi connectivity index (χ4n) is 2.60. The molecule has 122 valence electrons. The second kappa shape index (κ2) is 7.77. The van der Waals surface area contributed by atoms with Crippen LogP contribution in [0, 0.1) is 18.8 Å². The number of pyridine rings is 1. The van der Waals surface area contributed by atoms with Crippen LogP contribution in [0.15, 0.2) is 47.4 Å². The Morgan fingerprint density at radius 1 is 1.22 bits per heavy atom. The molecule has 1 atom stereocenters. The molecule has 2 N–H and O–H groups in total. The van der Waals surface area contributed by atoms with E-state index < -0.39 is 0 Å². The maximum atomic E-state index is 12.3. The molecule has 0 aliphatic rings. The predicted molar refractivity (Wildman–Crippen MR) is 92.6 cm³/mol. The Hall–Kier alpha value is -2.36. The van der Waals surface area contributed by atoms with Crippen LogP contribution in [-0.4, -0.2) is 17.4 Å². The molecule has 0 fully saturated rings. The number of hydrogen-bond acceptors (Lipinski definition) is 2. The van der Waals surface area contributed by atoms with Crippen molar-refractivity contribution in [2.75, 3.05) is 6.54 Å². The minimum atomic E-state index is -0.191. The van der Waals surface area contributed by atoms with E-state index in [-0.39, 0.29) is 11.5 Å². The van der Waals surface area contributed by atoms with E-state index in [1.165, 1.54) is 17.8 Å². The Morgan fingerprint density at radius 2 is 1.91 bits per heavy atom. The van der Waals surface area contributed by atoms with Crippen molar-refractivity contribution in [3.05, 3.63) is 69.6 Å². The molecule has 23 heavy (non-hydrogen) atoms. The number of aromatic amines is 1. The van der Waals surface area contributed by atoms with Crippen molar-refractivity contribution in [1.29, 1.82) is 0 Å². The summed E-state index contributed by atoms with van der Waals surface area (Å²) in [5.41, 5.74) is 2.30. The quantitative estimate of drug-likeness (QED) is 0.861. The minimum Gasteiger partial charge on any atom is -0.352 e. The fourth-order valence-corrected chi connectivity index (χ4v) is 2.60. The van der Waals surface area contributed by atoms with Gasteiger partial charge in [-0.2, -0.15) is 0 Å². The highest BCUT2D eigenvalue weighted by Gasteiger charge is 2.17. The van der Waals surface area contributed by atoms with Crippen LogP contribution in [0.4, 0.5) is 0 Å². The zero-order chi connectivity index (χ0) is 16.8. The molecule has 1 aromatic carbocycles. The molecule has 1 heterocycles. The number of carbonyl (C=O) groups is 1. The molecule has 0 saturated heterocycles. The third kappa shape index (κ3) is 4.81. The number of benzene rings is 1. The van der Waals surface area contributed by atoms with E-state index in [1.54, 1.807) is 6.92 Å². The van der Waals surface area contributed by atoms with Crippen LogP contribution < -0.4 is 10.9 Å². The Kier molecular flexibility index (Phi) is 5.74. The van der Waals surface area contributed by atoms with Gasteiger partial charge in [-0.25, -0.2) is 0 Å². The van der Waals surface area contributed by atoms with Gasteiger partial charge in [-0.15, -0.1) is 0 Å². The highest BCUT2D eigenvalue weighted by molar-refractivity contribution is 5.95. The molecule has 0 saturated carbocycles. The number of aromatic nitrogens is 1. The Balaban J connectivity index is 2.01. The average Bonchev–Trinajstić information content (AvgIpc) is 2.51. The maximum Gasteiger partial charge on any atom is 0.253 e. The number of aryl methyl sites for hydroxylation is 1. The molecule has 0 bridgehead atoms. The lowest BCUT2D eigenvalue weighted by Gasteiger charge is -2.21. The van der Waals surface area contributed by atoms with Gasteiger partial charge in [0.15, 0.2) is 0 Å². The van der Waals surface area contributed by atoms with Crippen molar-refractivity contribution in [1.82, 2.24) is 10.3 Å². The van der Waals surface area contributed by atoms with Crippen LogP contribution in [0.3, 0.4) is 0 Å². The van der Waals surface area contributed by atoms with Gasteiger partial charge < -0.3 is 10.3 Å². The van der Waals surface area contributed by atoms with E-state index in [4.69, 9.17) is 0 Å². The molecule has 0 spiro atoms. The predicted octanol–water partition coefficient (Wildman–Crippen LogP) is 2.93. The Morgan fingerprint density at radius 3 is 2.52 bits per heavy atom. The summed E-state index contributed by atoms with van der Waals surface area (Å²) in [4.78, 5) is 26.1. The Bertz CT molecular complexity index is 705. The van der Waals surface area contributed by atoms with Gasteiger partial charge in [0.1, 0.15) is 0 Å². The lowest BCUT2D eigenvalue weighted by atomic mass is 9.89. The molecule has 4 heteroatoms. The van der Waals surface area contributed by atoms with Gasteiger partial charge in [0.2, 0.25) is 5.56 Å². The molecule has 0 radical (unpaired) electrons. The van der Waals surface area contributed by atoms with Crippen molar-refractivity contribution < 1.29 is 4.79 Å². The third-order valence-electron chi connectivity index (χ3n) is 4.18. The van der Waals surface area contributed by atoms with E-state index in [1.807, 2.05) is 18.2 Å². The molecule has 1 amide bonds. The van der Waals surface area contributed by atoms with Crippen molar-refractivity contribution in [2.24, 2.45) is 11.8 Å². The number of hydrogen-bond donors (Lipinski definition) is 2. The van der Waals surface area contributed by atoms with Crippen LogP contribution in [0.25, 0.3) is 0 Å². The minimum absolute atomic E-state index is 0.141. The molecule has 0 unspecified atom stereocenters. The first-order valence-corrected chi connectivity index (χ1v) is 7.99. The second-order valence-corrected chi connectivity index (χ2v) is 6.30. The molecule has 4 nitrogen and oxygen atoms in total. The SMILES string of the molecule is Cc1cc(=O)[nH]cc1C(=O)NC[C@@H](Cc1ccccc1)C(C)C. The zero-order valence-electron chi connectivity index (χ0n) is 13.9. The van der Waals surface area contributed by atoms with Crippen molar-refractivity contribution in [2.45, 2.75) is 27.2 Å². The van der Waals surface area contributed by atoms with E-state index >= 15 is 0 Å². The van der Waals surface area contributed by atoms with Crippen LogP contribution in [0.5, 0.6) is 0 Å². The second-order valence-electron chi connectivity index (χ2n) is 6.30. The number of nitrogens with one attached hydrogen (secondary N) is 2. The normalized spacial score (nSPS) is 12.2. The largest absolute Gasteiger partial charge is 0.352 e. The maximum absolute atomic E-state index is 12.3. The molecule has 2 rings (SSSR count). The first kappa shape index (κ1) is 17.0. The van der Waals surface area contributed by atoms with E-state index in [2.05, 4.69) is 36.3 Å². The fraction of sp³-hybridized carbons (Fsp3) is 0.368. The molecular weight excluding hydrogens is 288 g/mol. The standard InChI is InChI=1S/C19H24N2O2/c1-13(2)16(10-15-7-5-4-6-8-15)11-21-19(23)17-12-20-18(22)9-14(17)3/h4-9,12-13,16H,10-11H2,1-3H3,(H,20,22)(H,21,23)/t16-/m1/s1. The van der Waals surface area contributed by atoms with Crippen LogP contribution in [-0.2, 0) is 6.42 Å². The van der Waals surface area contributed by atoms with Crippen LogP contribution in [0.1, 0.15) is 35.3 Å². The van der Waals surface area contributed by atoms with Gasteiger partial charge in [-0.3, -0.25) is 9.59 Å². The molecule has 1 aromatic heterocycles. The Labute approximate surface area is 137 Å².